The fourth-order valence-corrected chi connectivity index (χ4v) is 0.966. The van der Waals surface area contributed by atoms with E-state index >= 15 is 0 Å². The molecule has 0 atom stereocenters. The van der Waals surface area contributed by atoms with Gasteiger partial charge in [0.15, 0.2) is 11.5 Å². The molecule has 3 N–H and O–H groups in total. The van der Waals surface area contributed by atoms with Gasteiger partial charge in [-0.15, -0.1) is 13.2 Å². The van der Waals surface area contributed by atoms with Crippen molar-refractivity contribution in [2.45, 2.75) is 6.36 Å². The van der Waals surface area contributed by atoms with E-state index in [2.05, 4.69) is 4.74 Å². The van der Waals surface area contributed by atoms with E-state index in [9.17, 15) is 13.2 Å². The molecule has 0 amide bonds. The number of phenolic OH excluding ortho intramolecular Hbond substituents is 1. The number of hydrogen-bond acceptors (Lipinski definition) is 3. The minimum Gasteiger partial charge on any atom is -0.503 e. The molecule has 0 bridgehead atoms. The monoisotopic (exact) mass is 227 g/mol. The van der Waals surface area contributed by atoms with E-state index in [1.807, 2.05) is 0 Å². The highest BCUT2D eigenvalue weighted by Gasteiger charge is 2.33. The van der Waals surface area contributed by atoms with Crippen LogP contribution in [0.5, 0.6) is 11.5 Å². The molecule has 1 rings (SSSR count). The van der Waals surface area contributed by atoms with Crippen LogP contribution in [0.15, 0.2) is 12.1 Å². The summed E-state index contributed by atoms with van der Waals surface area (Å²) < 4.78 is 38.9. The summed E-state index contributed by atoms with van der Waals surface area (Å²) in [5, 5.41) is 8.74. The largest absolute Gasteiger partial charge is 0.573 e. The van der Waals surface area contributed by atoms with Crippen LogP contribution < -0.4 is 10.5 Å². The Bertz CT molecular complexity index is 354. The number of halogens is 4. The van der Waals surface area contributed by atoms with Crippen LogP contribution >= 0.6 is 11.6 Å². The molecule has 0 spiro atoms. The lowest BCUT2D eigenvalue weighted by Crippen LogP contribution is -2.17. The van der Waals surface area contributed by atoms with E-state index in [1.54, 1.807) is 0 Å². The number of alkyl halides is 3. The van der Waals surface area contributed by atoms with Crippen molar-refractivity contribution in [3.8, 4) is 11.5 Å². The summed E-state index contributed by atoms with van der Waals surface area (Å²) in [6, 6.07) is 2.26. The van der Waals surface area contributed by atoms with Crippen LogP contribution in [0.3, 0.4) is 0 Å². The van der Waals surface area contributed by atoms with Crippen LogP contribution in [0.25, 0.3) is 0 Å². The number of nitrogens with two attached hydrogens (primary N) is 1. The van der Waals surface area contributed by atoms with E-state index in [1.165, 1.54) is 6.07 Å². The number of nitrogen functional groups attached to an aromatic ring is 1. The van der Waals surface area contributed by atoms with Crippen molar-refractivity contribution >= 4 is 17.3 Å². The molecule has 0 heterocycles. The summed E-state index contributed by atoms with van der Waals surface area (Å²) in [7, 11) is 0. The van der Waals surface area contributed by atoms with Gasteiger partial charge in [0.05, 0.1) is 10.7 Å². The Morgan fingerprint density at radius 1 is 1.36 bits per heavy atom. The maximum absolute atomic E-state index is 11.8. The third-order valence-electron chi connectivity index (χ3n) is 1.33. The van der Waals surface area contributed by atoms with Crippen molar-refractivity contribution in [2.24, 2.45) is 0 Å². The lowest BCUT2D eigenvalue weighted by molar-refractivity contribution is -0.275. The summed E-state index contributed by atoms with van der Waals surface area (Å²) >= 11 is 5.37. The first-order valence-electron chi connectivity index (χ1n) is 3.34. The van der Waals surface area contributed by atoms with Crippen molar-refractivity contribution in [1.29, 1.82) is 0 Å². The maximum Gasteiger partial charge on any atom is 0.573 e. The zero-order chi connectivity index (χ0) is 10.9. The van der Waals surface area contributed by atoms with E-state index in [-0.39, 0.29) is 10.7 Å². The topological polar surface area (TPSA) is 55.5 Å². The second-order valence-corrected chi connectivity index (χ2v) is 2.77. The van der Waals surface area contributed by atoms with Gasteiger partial charge in [0, 0.05) is 0 Å². The molecule has 0 saturated carbocycles. The van der Waals surface area contributed by atoms with Crippen molar-refractivity contribution in [3.05, 3.63) is 17.2 Å². The first-order chi connectivity index (χ1) is 6.31. The van der Waals surface area contributed by atoms with Gasteiger partial charge in [-0.3, -0.25) is 0 Å². The molecular formula is C7H5ClF3NO2. The highest BCUT2D eigenvalue weighted by molar-refractivity contribution is 6.32. The Kier molecular flexibility index (Phi) is 2.66. The van der Waals surface area contributed by atoms with Gasteiger partial charge < -0.3 is 15.6 Å². The van der Waals surface area contributed by atoms with Crippen molar-refractivity contribution in [1.82, 2.24) is 0 Å². The lowest BCUT2D eigenvalue weighted by atomic mass is 10.3. The zero-order valence-electron chi connectivity index (χ0n) is 6.60. The van der Waals surface area contributed by atoms with E-state index in [0.29, 0.717) is 0 Å². The smallest absolute Gasteiger partial charge is 0.503 e. The zero-order valence-corrected chi connectivity index (χ0v) is 7.36. The highest BCUT2D eigenvalue weighted by atomic mass is 35.5. The van der Waals surface area contributed by atoms with Gasteiger partial charge in [0.1, 0.15) is 0 Å². The predicted molar refractivity (Wildman–Crippen MR) is 44.2 cm³/mol. The fourth-order valence-electron chi connectivity index (χ4n) is 0.775. The first kappa shape index (κ1) is 10.8. The third kappa shape index (κ3) is 2.35. The summed E-state index contributed by atoms with van der Waals surface area (Å²) in [6.07, 6.45) is -4.92. The van der Waals surface area contributed by atoms with Gasteiger partial charge in [0.25, 0.3) is 0 Å². The molecule has 78 valence electrons. The molecule has 0 aromatic heterocycles. The van der Waals surface area contributed by atoms with Gasteiger partial charge in [0.2, 0.25) is 0 Å². The number of aromatic hydroxyl groups is 1. The number of hydrogen-bond donors (Lipinski definition) is 2. The molecule has 0 radical (unpaired) electrons. The SMILES string of the molecule is Nc1ccc(Cl)c(OC(F)(F)F)c1O. The van der Waals surface area contributed by atoms with Crippen LogP contribution in [0.1, 0.15) is 0 Å². The van der Waals surface area contributed by atoms with Crippen LogP contribution in [0, 0.1) is 0 Å². The third-order valence-corrected chi connectivity index (χ3v) is 1.63. The normalized spacial score (nSPS) is 11.4. The highest BCUT2D eigenvalue weighted by Crippen LogP contribution is 2.41. The standard InChI is InChI=1S/C7H5ClF3NO2/c8-3-1-2-4(12)5(13)6(3)14-7(9,10)11/h1-2,13H,12H2. The summed E-state index contributed by atoms with van der Waals surface area (Å²) in [5.41, 5.74) is 4.91. The molecule has 0 aliphatic carbocycles. The molecule has 0 unspecified atom stereocenters. The minimum absolute atomic E-state index is 0.242. The number of ether oxygens (including phenoxy) is 1. The first-order valence-corrected chi connectivity index (χ1v) is 3.72. The maximum atomic E-state index is 11.8. The fraction of sp³-hybridized carbons (Fsp3) is 0.143. The Labute approximate surface area is 81.8 Å². The van der Waals surface area contributed by atoms with E-state index < -0.39 is 17.9 Å². The Morgan fingerprint density at radius 3 is 2.43 bits per heavy atom. The van der Waals surface area contributed by atoms with E-state index in [4.69, 9.17) is 22.4 Å². The summed E-state index contributed by atoms with van der Waals surface area (Å²) in [4.78, 5) is 0. The molecular weight excluding hydrogens is 223 g/mol. The van der Waals surface area contributed by atoms with Gasteiger partial charge >= 0.3 is 6.36 Å². The van der Waals surface area contributed by atoms with E-state index in [0.717, 1.165) is 6.07 Å². The van der Waals surface area contributed by atoms with Crippen LogP contribution in [0.2, 0.25) is 5.02 Å². The molecule has 7 heteroatoms. The van der Waals surface area contributed by atoms with Crippen molar-refractivity contribution in [2.75, 3.05) is 5.73 Å². The Balaban J connectivity index is 3.13. The molecule has 0 saturated heterocycles. The number of benzene rings is 1. The Morgan fingerprint density at radius 2 is 1.93 bits per heavy atom. The van der Waals surface area contributed by atoms with Crippen LogP contribution in [-0.2, 0) is 0 Å². The molecule has 14 heavy (non-hydrogen) atoms. The van der Waals surface area contributed by atoms with Gasteiger partial charge in [-0.2, -0.15) is 0 Å². The lowest BCUT2D eigenvalue weighted by Gasteiger charge is -2.12. The number of rotatable bonds is 1. The number of anilines is 1. The second-order valence-electron chi connectivity index (χ2n) is 2.36. The molecule has 0 fully saturated rings. The molecule has 1 aromatic carbocycles. The molecule has 1 aromatic rings. The summed E-state index contributed by atoms with van der Waals surface area (Å²) in [6.45, 7) is 0. The minimum atomic E-state index is -4.92. The Hall–Kier alpha value is -1.30. The van der Waals surface area contributed by atoms with Gasteiger partial charge in [-0.05, 0) is 12.1 Å². The predicted octanol–water partition coefficient (Wildman–Crippen LogP) is 2.53. The summed E-state index contributed by atoms with van der Waals surface area (Å²) in [5.74, 6) is -1.71. The van der Waals surface area contributed by atoms with Crippen molar-refractivity contribution < 1.29 is 23.0 Å². The average Bonchev–Trinajstić information content (AvgIpc) is 2.04. The van der Waals surface area contributed by atoms with Crippen molar-refractivity contribution in [3.63, 3.8) is 0 Å². The van der Waals surface area contributed by atoms with Gasteiger partial charge in [-0.25, -0.2) is 0 Å². The van der Waals surface area contributed by atoms with Crippen LogP contribution in [0.4, 0.5) is 18.9 Å². The second kappa shape index (κ2) is 3.45. The quantitative estimate of drug-likeness (QED) is 0.573. The molecule has 0 aliphatic heterocycles. The van der Waals surface area contributed by atoms with Crippen LogP contribution in [-0.4, -0.2) is 11.5 Å². The van der Waals surface area contributed by atoms with Gasteiger partial charge in [-0.1, -0.05) is 11.6 Å². The average molecular weight is 228 g/mol. The number of phenols is 1. The molecule has 3 nitrogen and oxygen atoms in total. The molecule has 0 aliphatic rings.